The molecule has 0 aliphatic rings. The highest BCUT2D eigenvalue weighted by Gasteiger charge is 2.20. The molecule has 0 saturated carbocycles. The van der Waals surface area contributed by atoms with Crippen molar-refractivity contribution in [3.8, 4) is 0 Å². The Labute approximate surface area is 420 Å². The third-order valence-electron chi connectivity index (χ3n) is 14.1. The highest BCUT2D eigenvalue weighted by molar-refractivity contribution is 5.76. The third-order valence-corrected chi connectivity index (χ3v) is 14.1. The fourth-order valence-electron chi connectivity index (χ4n) is 9.53. The molecule has 1 amide bonds. The van der Waals surface area contributed by atoms with Gasteiger partial charge in [0.1, 0.15) is 0 Å². The van der Waals surface area contributed by atoms with Crippen molar-refractivity contribution in [2.45, 2.75) is 341 Å². The van der Waals surface area contributed by atoms with Crippen molar-refractivity contribution in [1.82, 2.24) is 5.32 Å². The molecule has 4 nitrogen and oxygen atoms in total. The van der Waals surface area contributed by atoms with Gasteiger partial charge < -0.3 is 15.5 Å². The summed E-state index contributed by atoms with van der Waals surface area (Å²) < 4.78 is 0. The number of unbranched alkanes of at least 4 members (excludes halogenated alkanes) is 41. The highest BCUT2D eigenvalue weighted by Crippen LogP contribution is 2.18. The standard InChI is InChI=1S/C63H119NO3/c1-3-5-7-9-11-13-15-17-19-21-23-25-27-29-31-33-34-36-38-40-42-44-46-48-50-52-54-56-58-62(66)61(60-65)64-63(67)59-57-55-53-51-49-47-45-43-41-39-37-35-32-30-28-26-24-22-20-18-16-14-12-10-8-6-4-2/h6,8,12,14,18,20,24,26,61-62,65-66H,3-5,7,9-11,13,15-17,19,21-23,25,27-60H2,1-2H3,(H,64,67)/b8-6-,14-12-,20-18-,26-24-. The van der Waals surface area contributed by atoms with Gasteiger partial charge >= 0.3 is 0 Å². The molecule has 394 valence electrons. The zero-order chi connectivity index (χ0) is 48.5. The van der Waals surface area contributed by atoms with Crippen LogP contribution in [0.1, 0.15) is 328 Å². The molecule has 2 atom stereocenters. The number of aliphatic hydroxyl groups excluding tert-OH is 2. The SMILES string of the molecule is CC/C=C\C/C=C\C/C=C\C/C=C\CCCCCCCCCCCCCCCCC(=O)NC(CO)C(O)CCCCCCCCCCCCCCCCCCCCCCCCCCCCCC. The molecule has 0 aliphatic carbocycles. The second kappa shape index (κ2) is 58.7. The van der Waals surface area contributed by atoms with Crippen molar-refractivity contribution in [3.05, 3.63) is 48.6 Å². The van der Waals surface area contributed by atoms with E-state index in [9.17, 15) is 15.0 Å². The van der Waals surface area contributed by atoms with Crippen molar-refractivity contribution in [1.29, 1.82) is 0 Å². The first-order valence-corrected chi connectivity index (χ1v) is 30.3. The number of rotatable bonds is 56. The predicted molar refractivity (Wildman–Crippen MR) is 299 cm³/mol. The first-order valence-electron chi connectivity index (χ1n) is 30.3. The van der Waals surface area contributed by atoms with Gasteiger partial charge in [-0.3, -0.25) is 4.79 Å². The van der Waals surface area contributed by atoms with Crippen LogP contribution in [-0.4, -0.2) is 34.9 Å². The van der Waals surface area contributed by atoms with Crippen LogP contribution in [0.2, 0.25) is 0 Å². The van der Waals surface area contributed by atoms with Gasteiger partial charge in [0.15, 0.2) is 0 Å². The molecule has 0 aliphatic heterocycles. The average molecular weight is 939 g/mol. The number of hydrogen-bond donors (Lipinski definition) is 3. The van der Waals surface area contributed by atoms with E-state index in [0.29, 0.717) is 12.8 Å². The Bertz CT molecular complexity index is 1060. The van der Waals surface area contributed by atoms with E-state index in [1.165, 1.54) is 250 Å². The van der Waals surface area contributed by atoms with Crippen LogP contribution in [0.3, 0.4) is 0 Å². The molecule has 0 aromatic heterocycles. The highest BCUT2D eigenvalue weighted by atomic mass is 16.3. The molecule has 67 heavy (non-hydrogen) atoms. The monoisotopic (exact) mass is 938 g/mol. The first kappa shape index (κ1) is 65.3. The van der Waals surface area contributed by atoms with Crippen LogP contribution in [-0.2, 0) is 4.79 Å². The van der Waals surface area contributed by atoms with E-state index >= 15 is 0 Å². The second-order valence-corrected chi connectivity index (χ2v) is 20.7. The summed E-state index contributed by atoms with van der Waals surface area (Å²) in [4.78, 5) is 12.5. The molecule has 0 saturated heterocycles. The van der Waals surface area contributed by atoms with Gasteiger partial charge in [0.05, 0.1) is 18.8 Å². The molecule has 0 fully saturated rings. The smallest absolute Gasteiger partial charge is 0.220 e. The Morgan fingerprint density at radius 1 is 0.373 bits per heavy atom. The largest absolute Gasteiger partial charge is 0.394 e. The number of hydrogen-bond acceptors (Lipinski definition) is 3. The number of amides is 1. The Balaban J connectivity index is 3.43. The normalized spacial score (nSPS) is 13.1. The quantitative estimate of drug-likeness (QED) is 0.0420. The lowest BCUT2D eigenvalue weighted by molar-refractivity contribution is -0.123. The van der Waals surface area contributed by atoms with Gasteiger partial charge in [-0.15, -0.1) is 0 Å². The van der Waals surface area contributed by atoms with E-state index in [4.69, 9.17) is 0 Å². The Morgan fingerprint density at radius 3 is 0.985 bits per heavy atom. The summed E-state index contributed by atoms with van der Waals surface area (Å²) in [6.07, 6.45) is 81.2. The van der Waals surface area contributed by atoms with Gasteiger partial charge in [-0.25, -0.2) is 0 Å². The van der Waals surface area contributed by atoms with Gasteiger partial charge in [0, 0.05) is 6.42 Å². The van der Waals surface area contributed by atoms with Crippen molar-refractivity contribution in [3.63, 3.8) is 0 Å². The molecule has 0 rings (SSSR count). The number of aliphatic hydroxyl groups is 2. The zero-order valence-electron chi connectivity index (χ0n) is 45.4. The molecule has 0 heterocycles. The minimum absolute atomic E-state index is 0.0284. The minimum Gasteiger partial charge on any atom is -0.394 e. The van der Waals surface area contributed by atoms with Gasteiger partial charge in [-0.05, 0) is 51.4 Å². The van der Waals surface area contributed by atoms with E-state index in [0.717, 1.165) is 51.4 Å². The molecule has 2 unspecified atom stereocenters. The van der Waals surface area contributed by atoms with E-state index in [1.54, 1.807) is 0 Å². The Kier molecular flexibility index (Phi) is 57.2. The lowest BCUT2D eigenvalue weighted by Gasteiger charge is -2.22. The topological polar surface area (TPSA) is 69.6 Å². The van der Waals surface area contributed by atoms with Crippen LogP contribution < -0.4 is 5.32 Å². The maximum Gasteiger partial charge on any atom is 0.220 e. The first-order chi connectivity index (χ1) is 33.2. The number of carbonyl (C=O) groups excluding carboxylic acids is 1. The molecule has 0 aromatic carbocycles. The average Bonchev–Trinajstić information content (AvgIpc) is 3.33. The van der Waals surface area contributed by atoms with Crippen molar-refractivity contribution in [2.75, 3.05) is 6.61 Å². The fourth-order valence-corrected chi connectivity index (χ4v) is 9.53. The van der Waals surface area contributed by atoms with Gasteiger partial charge in [-0.2, -0.15) is 0 Å². The lowest BCUT2D eigenvalue weighted by atomic mass is 10.0. The van der Waals surface area contributed by atoms with Crippen molar-refractivity contribution in [2.24, 2.45) is 0 Å². The van der Waals surface area contributed by atoms with Gasteiger partial charge in [0.2, 0.25) is 5.91 Å². The third kappa shape index (κ3) is 55.2. The lowest BCUT2D eigenvalue weighted by Crippen LogP contribution is -2.45. The minimum atomic E-state index is -0.662. The van der Waals surface area contributed by atoms with Crippen molar-refractivity contribution < 1.29 is 15.0 Å². The molecule has 0 aromatic rings. The van der Waals surface area contributed by atoms with Crippen LogP contribution in [0.4, 0.5) is 0 Å². The Hall–Kier alpha value is -1.65. The number of nitrogens with one attached hydrogen (secondary N) is 1. The van der Waals surface area contributed by atoms with Gasteiger partial charge in [0.25, 0.3) is 0 Å². The maximum atomic E-state index is 12.5. The molecule has 3 N–H and O–H groups in total. The molecule has 4 heteroatoms. The van der Waals surface area contributed by atoms with Crippen LogP contribution in [0.15, 0.2) is 48.6 Å². The number of carbonyl (C=O) groups is 1. The van der Waals surface area contributed by atoms with E-state index < -0.39 is 12.1 Å². The van der Waals surface area contributed by atoms with E-state index in [-0.39, 0.29) is 12.5 Å². The van der Waals surface area contributed by atoms with Crippen LogP contribution in [0, 0.1) is 0 Å². The predicted octanol–water partition coefficient (Wildman–Crippen LogP) is 20.2. The van der Waals surface area contributed by atoms with Gasteiger partial charge in [-0.1, -0.05) is 319 Å². The molecular weight excluding hydrogens is 819 g/mol. The fraction of sp³-hybridized carbons (Fsp3) is 0.857. The molecule has 0 spiro atoms. The molecule has 0 radical (unpaired) electrons. The Morgan fingerprint density at radius 2 is 0.657 bits per heavy atom. The summed E-state index contributed by atoms with van der Waals surface area (Å²) in [5.41, 5.74) is 0. The summed E-state index contributed by atoms with van der Waals surface area (Å²) in [5, 5.41) is 23.4. The summed E-state index contributed by atoms with van der Waals surface area (Å²) in [5.74, 6) is -0.0284. The second-order valence-electron chi connectivity index (χ2n) is 20.7. The van der Waals surface area contributed by atoms with Crippen molar-refractivity contribution >= 4 is 5.91 Å². The maximum absolute atomic E-state index is 12.5. The number of allylic oxidation sites excluding steroid dienone is 8. The van der Waals surface area contributed by atoms with Crippen LogP contribution in [0.25, 0.3) is 0 Å². The summed E-state index contributed by atoms with van der Waals surface area (Å²) in [6.45, 7) is 4.28. The molecular formula is C63H119NO3. The zero-order valence-corrected chi connectivity index (χ0v) is 45.4. The summed E-state index contributed by atoms with van der Waals surface area (Å²) in [7, 11) is 0. The van der Waals surface area contributed by atoms with Crippen LogP contribution >= 0.6 is 0 Å². The molecule has 0 bridgehead atoms. The summed E-state index contributed by atoms with van der Waals surface area (Å²) in [6, 6.07) is -0.539. The van der Waals surface area contributed by atoms with E-state index in [2.05, 4.69) is 67.8 Å². The van der Waals surface area contributed by atoms with E-state index in [1.807, 2.05) is 0 Å². The van der Waals surface area contributed by atoms with Crippen LogP contribution in [0.5, 0.6) is 0 Å². The summed E-state index contributed by atoms with van der Waals surface area (Å²) >= 11 is 0.